The number of nitrogens with one attached hydrogen (secondary N) is 4. The quantitative estimate of drug-likeness (QED) is 0.291. The molecule has 1 unspecified atom stereocenters. The van der Waals surface area contributed by atoms with Gasteiger partial charge in [-0.2, -0.15) is 0 Å². The van der Waals surface area contributed by atoms with Gasteiger partial charge in [-0.25, -0.2) is 9.59 Å². The number of H-pyrrole nitrogens is 1. The van der Waals surface area contributed by atoms with Gasteiger partial charge in [-0.1, -0.05) is 18.2 Å². The third-order valence-corrected chi connectivity index (χ3v) is 10.8. The van der Waals surface area contributed by atoms with Crippen molar-refractivity contribution in [2.75, 3.05) is 49.9 Å². The van der Waals surface area contributed by atoms with Gasteiger partial charge in [0.2, 0.25) is 5.91 Å². The first-order valence-corrected chi connectivity index (χ1v) is 16.9. The first-order chi connectivity index (χ1) is 22.0. The second-order valence-corrected chi connectivity index (χ2v) is 13.4. The Labute approximate surface area is 265 Å². The molecule has 0 spiro atoms. The summed E-state index contributed by atoms with van der Waals surface area (Å²) < 4.78 is 0.493. The topological polar surface area (TPSA) is 110 Å². The van der Waals surface area contributed by atoms with Gasteiger partial charge in [0, 0.05) is 80.1 Å². The van der Waals surface area contributed by atoms with Gasteiger partial charge >= 0.3 is 11.9 Å². The maximum Gasteiger partial charge on any atom is 0.336 e. The largest absolute Gasteiger partial charge is 0.370 e. The average Bonchev–Trinajstić information content (AvgIpc) is 3.56. The Morgan fingerprint density at radius 2 is 1.73 bits per heavy atom. The number of nitrogens with zero attached hydrogens (tertiary/aromatic N) is 3. The number of urea groups is 1. The van der Waals surface area contributed by atoms with E-state index in [1.165, 1.54) is 0 Å². The highest BCUT2D eigenvalue weighted by atomic mass is 16.2. The summed E-state index contributed by atoms with van der Waals surface area (Å²) in [6, 6.07) is 15.7. The van der Waals surface area contributed by atoms with Crippen molar-refractivity contribution in [1.29, 1.82) is 0 Å². The van der Waals surface area contributed by atoms with E-state index in [-0.39, 0.29) is 30.3 Å². The lowest BCUT2D eigenvalue weighted by Crippen LogP contribution is -2.67. The zero-order valence-corrected chi connectivity index (χ0v) is 26.1. The van der Waals surface area contributed by atoms with Crippen LogP contribution in [-0.2, 0) is 16.1 Å². The Morgan fingerprint density at radius 1 is 0.956 bits per heavy atom. The number of benzene rings is 2. The molecular formula is C35H46N7O3+. The monoisotopic (exact) mass is 612 g/mol. The molecule has 2 aromatic carbocycles. The van der Waals surface area contributed by atoms with Crippen LogP contribution in [0, 0.1) is 0 Å². The predicted octanol–water partition coefficient (Wildman–Crippen LogP) is 4.66. The number of aromatic amines is 1. The lowest BCUT2D eigenvalue weighted by molar-refractivity contribution is -0.885. The molecule has 45 heavy (non-hydrogen) atoms. The van der Waals surface area contributed by atoms with Crippen molar-refractivity contribution in [3.05, 3.63) is 60.3 Å². The first-order valence-electron chi connectivity index (χ1n) is 16.9. The maximum absolute atomic E-state index is 14.8. The van der Waals surface area contributed by atoms with Gasteiger partial charge in [-0.15, -0.1) is 0 Å². The molecule has 3 aromatic rings. The fourth-order valence-corrected chi connectivity index (χ4v) is 8.25. The van der Waals surface area contributed by atoms with Crippen molar-refractivity contribution in [3.8, 4) is 0 Å². The van der Waals surface area contributed by atoms with Crippen LogP contribution in [0.1, 0.15) is 56.9 Å². The zero-order valence-electron chi connectivity index (χ0n) is 26.1. The lowest BCUT2D eigenvalue weighted by atomic mass is 9.93. The molecule has 0 bridgehead atoms. The number of aromatic nitrogens is 1. The van der Waals surface area contributed by atoms with Crippen LogP contribution in [0.4, 0.5) is 16.2 Å². The first kappa shape index (κ1) is 29.8. The molecule has 3 fully saturated rings. The fraction of sp³-hybridized carbons (Fsp3) is 0.514. The molecule has 0 radical (unpaired) electrons. The number of para-hydroxylation sites is 1. The molecular weight excluding hydrogens is 566 g/mol. The molecule has 0 aliphatic carbocycles. The summed E-state index contributed by atoms with van der Waals surface area (Å²) in [5.41, 5.74) is 3.90. The molecule has 3 saturated heterocycles. The summed E-state index contributed by atoms with van der Waals surface area (Å²) in [5, 5.41) is 11.1. The van der Waals surface area contributed by atoms with E-state index in [0.717, 1.165) is 99.0 Å². The molecule has 10 heteroatoms. The van der Waals surface area contributed by atoms with Crippen LogP contribution in [0.3, 0.4) is 0 Å². The highest BCUT2D eigenvalue weighted by Crippen LogP contribution is 2.32. The highest BCUT2D eigenvalue weighted by Gasteiger charge is 2.49. The minimum Gasteiger partial charge on any atom is -0.370 e. The van der Waals surface area contributed by atoms with E-state index in [0.29, 0.717) is 30.2 Å². The predicted molar refractivity (Wildman–Crippen MR) is 176 cm³/mol. The maximum atomic E-state index is 14.8. The van der Waals surface area contributed by atoms with Crippen molar-refractivity contribution >= 4 is 40.1 Å². The van der Waals surface area contributed by atoms with E-state index in [9.17, 15) is 14.4 Å². The molecule has 1 atom stereocenters. The Morgan fingerprint density at radius 3 is 2.53 bits per heavy atom. The van der Waals surface area contributed by atoms with E-state index in [1.54, 1.807) is 0 Å². The summed E-state index contributed by atoms with van der Waals surface area (Å²) in [4.78, 5) is 48.8. The number of piperidine rings is 3. The molecule has 7 rings (SSSR count). The van der Waals surface area contributed by atoms with Gasteiger partial charge in [-0.3, -0.25) is 9.28 Å². The van der Waals surface area contributed by atoms with Crippen molar-refractivity contribution in [2.45, 2.75) is 76.0 Å². The summed E-state index contributed by atoms with van der Waals surface area (Å²) in [5.74, 6) is 0.179. The van der Waals surface area contributed by atoms with E-state index in [2.05, 4.69) is 33.1 Å². The van der Waals surface area contributed by atoms with Gasteiger partial charge in [0.1, 0.15) is 0 Å². The minimum absolute atomic E-state index is 0.0101. The highest BCUT2D eigenvalue weighted by molar-refractivity contribution is 5.92. The van der Waals surface area contributed by atoms with Gasteiger partial charge in [0.05, 0.1) is 25.6 Å². The van der Waals surface area contributed by atoms with Crippen molar-refractivity contribution < 1.29 is 18.9 Å². The number of fused-ring (bicyclic) bond motifs is 2. The molecule has 4 amide bonds. The second-order valence-electron chi connectivity index (χ2n) is 13.4. The van der Waals surface area contributed by atoms with Crippen LogP contribution >= 0.6 is 0 Å². The van der Waals surface area contributed by atoms with Crippen molar-refractivity contribution in [2.24, 2.45) is 0 Å². The normalized spacial score (nSPS) is 21.6. The van der Waals surface area contributed by atoms with Crippen LogP contribution in [-0.4, -0.2) is 94.5 Å². The number of hydrogen-bond donors (Lipinski definition) is 4. The van der Waals surface area contributed by atoms with E-state index in [4.69, 9.17) is 0 Å². The molecule has 0 saturated carbocycles. The molecule has 5 heterocycles. The smallest absolute Gasteiger partial charge is 0.336 e. The number of anilines is 2. The second kappa shape index (κ2) is 12.8. The number of rotatable bonds is 7. The SMILES string of the molecule is O=C(CC(Nc1ccc2[nH]ccc2c1)C(=O)[N+]1(C2CCNCC2)CCCCC1)N1CCC(N2Cc3ccccc3NC2=O)CC1. The van der Waals surface area contributed by atoms with Crippen molar-refractivity contribution in [3.63, 3.8) is 0 Å². The Kier molecular flexibility index (Phi) is 8.51. The third-order valence-electron chi connectivity index (χ3n) is 10.8. The molecule has 4 aliphatic heterocycles. The Bertz CT molecular complexity index is 1530. The standard InChI is InChI=1S/C35H45N7O3/c43-33(40-18-13-28(14-19-40)41-24-26-6-2-3-7-31(26)39-35(41)45)23-32(38-27-8-9-30-25(22-27)10-17-37-30)34(44)42(20-4-1-5-21-42)29-11-15-36-16-12-29/h2-3,6-10,17,22,28-29,32,36-38H,1,4-5,11-16,18-21,23-24H2/p+1. The molecule has 238 valence electrons. The summed E-state index contributed by atoms with van der Waals surface area (Å²) >= 11 is 0. The number of likely N-dealkylation sites (tertiary alicyclic amines) is 2. The third kappa shape index (κ3) is 6.05. The van der Waals surface area contributed by atoms with Crippen LogP contribution < -0.4 is 16.0 Å². The van der Waals surface area contributed by atoms with Gasteiger partial charge in [-0.05, 0) is 68.0 Å². The summed E-state index contributed by atoms with van der Waals surface area (Å²) in [7, 11) is 0. The number of hydrogen-bond acceptors (Lipinski definition) is 5. The van der Waals surface area contributed by atoms with Crippen LogP contribution in [0.5, 0.6) is 0 Å². The number of carbonyl (C=O) groups excluding carboxylic acids is 3. The summed E-state index contributed by atoms with van der Waals surface area (Å²) in [6.07, 6.45) is 8.75. The summed E-state index contributed by atoms with van der Waals surface area (Å²) in [6.45, 7) is 5.35. The van der Waals surface area contributed by atoms with Gasteiger partial charge in [0.15, 0.2) is 6.04 Å². The van der Waals surface area contributed by atoms with Crippen LogP contribution in [0.25, 0.3) is 10.9 Å². The Hall–Kier alpha value is -3.89. The van der Waals surface area contributed by atoms with Gasteiger partial charge < -0.3 is 30.7 Å². The fourth-order valence-electron chi connectivity index (χ4n) is 8.25. The molecule has 10 nitrogen and oxygen atoms in total. The molecule has 4 N–H and O–H groups in total. The van der Waals surface area contributed by atoms with Crippen LogP contribution in [0.2, 0.25) is 0 Å². The number of quaternary nitrogens is 1. The Balaban J connectivity index is 1.07. The van der Waals surface area contributed by atoms with E-state index < -0.39 is 6.04 Å². The number of amides is 4. The number of carbonyl (C=O) groups is 3. The van der Waals surface area contributed by atoms with Gasteiger partial charge in [0.25, 0.3) is 0 Å². The molecule has 4 aliphatic rings. The lowest BCUT2D eigenvalue weighted by Gasteiger charge is -2.47. The van der Waals surface area contributed by atoms with Crippen molar-refractivity contribution in [1.82, 2.24) is 20.1 Å². The average molecular weight is 613 g/mol. The van der Waals surface area contributed by atoms with E-state index in [1.807, 2.05) is 52.4 Å². The minimum atomic E-state index is -0.607. The zero-order chi connectivity index (χ0) is 30.8. The van der Waals surface area contributed by atoms with E-state index >= 15 is 0 Å². The molecule has 1 aromatic heterocycles. The van der Waals surface area contributed by atoms with Crippen LogP contribution in [0.15, 0.2) is 54.7 Å².